The molecule has 1 saturated heterocycles. The summed E-state index contributed by atoms with van der Waals surface area (Å²) in [6.07, 6.45) is -5.47. The third-order valence-electron chi connectivity index (χ3n) is 3.67. The minimum Gasteiger partial charge on any atom is -0.394 e. The number of fused-ring (bicyclic) bond motifs is 1. The Hall–Kier alpha value is -1.50. The van der Waals surface area contributed by atoms with Crippen molar-refractivity contribution in [3.8, 4) is 0 Å². The van der Waals surface area contributed by atoms with Crippen LogP contribution in [0.25, 0.3) is 0 Å². The second-order valence-electron chi connectivity index (χ2n) is 5.08. The average Bonchev–Trinajstić information content (AvgIpc) is 2.92. The van der Waals surface area contributed by atoms with Gasteiger partial charge in [-0.3, -0.25) is 9.36 Å². The molecule has 22 heavy (non-hydrogen) atoms. The van der Waals surface area contributed by atoms with Gasteiger partial charge in [-0.1, -0.05) is 11.3 Å². The third kappa shape index (κ3) is 2.41. The molecule has 0 saturated carbocycles. The molecule has 1 unspecified atom stereocenters. The maximum absolute atomic E-state index is 12.1. The quantitative estimate of drug-likeness (QED) is 0.344. The van der Waals surface area contributed by atoms with Crippen LogP contribution in [0.2, 0.25) is 0 Å². The van der Waals surface area contributed by atoms with Gasteiger partial charge in [-0.2, -0.15) is 0 Å². The van der Waals surface area contributed by atoms with Gasteiger partial charge in [-0.05, 0) is 0 Å². The van der Waals surface area contributed by atoms with Crippen molar-refractivity contribution in [2.24, 2.45) is 10.7 Å². The molecule has 1 aromatic rings. The van der Waals surface area contributed by atoms with Crippen LogP contribution in [-0.2, 0) is 11.3 Å². The van der Waals surface area contributed by atoms with Gasteiger partial charge in [0.2, 0.25) is 0 Å². The Morgan fingerprint density at radius 3 is 2.64 bits per heavy atom. The smallest absolute Gasteiger partial charge is 0.309 e. The molecule has 0 aromatic carbocycles. The number of anilines is 1. The van der Waals surface area contributed by atoms with E-state index in [0.717, 1.165) is 11.3 Å². The summed E-state index contributed by atoms with van der Waals surface area (Å²) in [6, 6.07) is 0. The zero-order valence-corrected chi connectivity index (χ0v) is 12.1. The molecule has 0 spiro atoms. The normalized spacial score (nSPS) is 34.2. The first kappa shape index (κ1) is 15.4. The number of hydrogen-bond acceptors (Lipinski definition) is 10. The van der Waals surface area contributed by atoms with E-state index in [1.54, 1.807) is 0 Å². The number of guanidine groups is 1. The summed E-state index contributed by atoms with van der Waals surface area (Å²) in [6.45, 7) is -0.506. The number of nitrogens with one attached hydrogen (secondary N) is 1. The first-order valence-corrected chi connectivity index (χ1v) is 7.38. The number of aliphatic hydroxyl groups excluding tert-OH is 4. The predicted molar refractivity (Wildman–Crippen MR) is 76.5 cm³/mol. The highest BCUT2D eigenvalue weighted by Crippen LogP contribution is 2.31. The number of aliphatic hydroxyl groups is 4. The molecule has 3 heterocycles. The van der Waals surface area contributed by atoms with Gasteiger partial charge in [0.05, 0.1) is 13.2 Å². The predicted octanol–water partition coefficient (Wildman–Crippen LogP) is -2.88. The monoisotopic (exact) mass is 332 g/mol. The van der Waals surface area contributed by atoms with Crippen molar-refractivity contribution in [2.45, 2.75) is 37.2 Å². The number of rotatable bonds is 3. The molecule has 5 atom stereocenters. The SMILES string of the molecule is NC1=NC(O)c2sc(=O)n(C[C@@H]3O[C@H](CO)[C@@H](O)[C@H]3O)c2N1. The molecule has 0 radical (unpaired) electrons. The third-order valence-corrected chi connectivity index (χ3v) is 4.69. The summed E-state index contributed by atoms with van der Waals surface area (Å²) in [5.41, 5.74) is 5.53. The molecule has 1 fully saturated rings. The van der Waals surface area contributed by atoms with Crippen molar-refractivity contribution in [1.82, 2.24) is 4.57 Å². The summed E-state index contributed by atoms with van der Waals surface area (Å²) < 4.78 is 6.61. The topological polar surface area (TPSA) is 163 Å². The van der Waals surface area contributed by atoms with Gasteiger partial charge in [-0.25, -0.2) is 4.99 Å². The van der Waals surface area contributed by atoms with E-state index in [1.807, 2.05) is 0 Å². The van der Waals surface area contributed by atoms with E-state index in [2.05, 4.69) is 10.3 Å². The lowest BCUT2D eigenvalue weighted by Gasteiger charge is -2.20. The number of thiazole rings is 1. The van der Waals surface area contributed by atoms with Gasteiger partial charge in [-0.15, -0.1) is 0 Å². The number of aromatic nitrogens is 1. The largest absolute Gasteiger partial charge is 0.394 e. The van der Waals surface area contributed by atoms with Crippen LogP contribution < -0.4 is 15.9 Å². The van der Waals surface area contributed by atoms with Gasteiger partial charge in [0.1, 0.15) is 35.1 Å². The van der Waals surface area contributed by atoms with E-state index in [-0.39, 0.29) is 23.2 Å². The average molecular weight is 332 g/mol. The molecule has 122 valence electrons. The van der Waals surface area contributed by atoms with Gasteiger partial charge >= 0.3 is 4.87 Å². The van der Waals surface area contributed by atoms with Gasteiger partial charge < -0.3 is 36.2 Å². The Labute approximate surface area is 128 Å². The molecular formula is C11H16N4O6S. The fraction of sp³-hybridized carbons (Fsp3) is 0.636. The fourth-order valence-corrected chi connectivity index (χ4v) is 3.42. The lowest BCUT2D eigenvalue weighted by Crippen LogP contribution is -2.37. The van der Waals surface area contributed by atoms with Crippen LogP contribution >= 0.6 is 11.3 Å². The summed E-state index contributed by atoms with van der Waals surface area (Å²) >= 11 is 0.802. The first-order valence-electron chi connectivity index (χ1n) is 6.56. The Balaban J connectivity index is 1.88. The van der Waals surface area contributed by atoms with Crippen molar-refractivity contribution in [3.05, 3.63) is 14.5 Å². The van der Waals surface area contributed by atoms with Crippen LogP contribution in [-0.4, -0.2) is 62.0 Å². The zero-order valence-electron chi connectivity index (χ0n) is 11.3. The van der Waals surface area contributed by atoms with E-state index in [4.69, 9.17) is 15.6 Å². The molecule has 7 N–H and O–H groups in total. The number of ether oxygens (including phenoxy) is 1. The van der Waals surface area contributed by atoms with E-state index >= 15 is 0 Å². The molecule has 11 heteroatoms. The van der Waals surface area contributed by atoms with Crippen LogP contribution in [0.15, 0.2) is 9.79 Å². The van der Waals surface area contributed by atoms with Crippen LogP contribution in [0.1, 0.15) is 11.1 Å². The Kier molecular flexibility index (Phi) is 3.92. The summed E-state index contributed by atoms with van der Waals surface area (Å²) in [4.78, 5) is 15.7. The standard InChI is InChI=1S/C11H16N4O6S/c12-10-13-8-7(9(19)14-10)22-11(20)15(8)1-3-5(17)6(18)4(2-16)21-3/h3-6,9,16-19H,1-2H2,(H3,12,13,14)/t3-,4+,5-,6+,9?/m0/s1. The molecular weight excluding hydrogens is 316 g/mol. The molecule has 2 aliphatic heterocycles. The number of hydrogen-bond donors (Lipinski definition) is 6. The Bertz CT molecular complexity index is 657. The highest BCUT2D eigenvalue weighted by atomic mass is 32.1. The second kappa shape index (κ2) is 5.61. The number of nitrogens with two attached hydrogens (primary N) is 1. The molecule has 3 rings (SSSR count). The van der Waals surface area contributed by atoms with Crippen molar-refractivity contribution in [2.75, 3.05) is 11.9 Å². The van der Waals surface area contributed by atoms with Gasteiger partial charge in [0.15, 0.2) is 12.2 Å². The lowest BCUT2D eigenvalue weighted by molar-refractivity contribution is -0.0265. The van der Waals surface area contributed by atoms with Crippen LogP contribution in [0.5, 0.6) is 0 Å². The fourth-order valence-electron chi connectivity index (χ4n) is 2.54. The summed E-state index contributed by atoms with van der Waals surface area (Å²) in [5.74, 6) is 0.250. The lowest BCUT2D eigenvalue weighted by atomic mass is 10.1. The van der Waals surface area contributed by atoms with Crippen molar-refractivity contribution in [1.29, 1.82) is 0 Å². The first-order chi connectivity index (χ1) is 10.4. The van der Waals surface area contributed by atoms with Crippen molar-refractivity contribution < 1.29 is 25.2 Å². The maximum atomic E-state index is 12.1. The number of nitrogens with zero attached hydrogens (tertiary/aromatic N) is 2. The molecule has 0 aliphatic carbocycles. The molecule has 0 amide bonds. The van der Waals surface area contributed by atoms with E-state index in [0.29, 0.717) is 4.88 Å². The van der Waals surface area contributed by atoms with Gasteiger partial charge in [0.25, 0.3) is 0 Å². The summed E-state index contributed by atoms with van der Waals surface area (Å²) in [5, 5.41) is 41.2. The highest BCUT2D eigenvalue weighted by Gasteiger charge is 2.43. The van der Waals surface area contributed by atoms with Crippen LogP contribution in [0.3, 0.4) is 0 Å². The van der Waals surface area contributed by atoms with E-state index in [9.17, 15) is 20.1 Å². The van der Waals surface area contributed by atoms with Crippen LogP contribution in [0.4, 0.5) is 5.82 Å². The van der Waals surface area contributed by atoms with E-state index < -0.39 is 37.3 Å². The zero-order chi connectivity index (χ0) is 16.0. The van der Waals surface area contributed by atoms with Gasteiger partial charge in [0, 0.05) is 0 Å². The van der Waals surface area contributed by atoms with Crippen LogP contribution in [0, 0.1) is 0 Å². The highest BCUT2D eigenvalue weighted by molar-refractivity contribution is 7.09. The molecule has 10 nitrogen and oxygen atoms in total. The minimum absolute atomic E-state index is 0.0345. The summed E-state index contributed by atoms with van der Waals surface area (Å²) in [7, 11) is 0. The maximum Gasteiger partial charge on any atom is 0.309 e. The number of aliphatic imine (C=N–C) groups is 1. The minimum atomic E-state index is -1.24. The second-order valence-corrected chi connectivity index (χ2v) is 6.07. The van der Waals surface area contributed by atoms with E-state index in [1.165, 1.54) is 4.57 Å². The molecule has 2 aliphatic rings. The van der Waals surface area contributed by atoms with Crippen molar-refractivity contribution >= 4 is 23.1 Å². The van der Waals surface area contributed by atoms with Crippen molar-refractivity contribution in [3.63, 3.8) is 0 Å². The molecule has 0 bridgehead atoms. The Morgan fingerprint density at radius 2 is 2.00 bits per heavy atom. The molecule has 1 aromatic heterocycles. The Morgan fingerprint density at radius 1 is 1.32 bits per heavy atom.